The summed E-state index contributed by atoms with van der Waals surface area (Å²) in [4.78, 5) is 7.29. The molecule has 2 atom stereocenters. The van der Waals surface area contributed by atoms with Gasteiger partial charge in [-0.25, -0.2) is 4.99 Å². The number of fused-ring (bicyclic) bond motifs is 1. The van der Waals surface area contributed by atoms with Crippen LogP contribution in [0.5, 0.6) is 11.5 Å². The van der Waals surface area contributed by atoms with Crippen molar-refractivity contribution in [3.8, 4) is 11.5 Å². The number of hydrogen-bond donors (Lipinski definition) is 2. The molecule has 1 saturated heterocycles. The topological polar surface area (TPSA) is 67.4 Å². The molecule has 2 N–H and O–H groups in total. The zero-order chi connectivity index (χ0) is 21.3. The molecule has 1 aromatic carbocycles. The van der Waals surface area contributed by atoms with E-state index in [0.29, 0.717) is 19.1 Å². The lowest BCUT2D eigenvalue weighted by Gasteiger charge is -2.29. The number of nitrogens with zero attached hydrogens (tertiary/aromatic N) is 2. The summed E-state index contributed by atoms with van der Waals surface area (Å²) in [5.74, 6) is 3.24. The molecule has 1 aromatic rings. The molecule has 3 rings (SSSR count). The first-order chi connectivity index (χ1) is 14.6. The zero-order valence-electron chi connectivity index (χ0n) is 19.0. The molecule has 2 aliphatic heterocycles. The van der Waals surface area contributed by atoms with Crippen molar-refractivity contribution < 1.29 is 14.2 Å². The van der Waals surface area contributed by atoms with Gasteiger partial charge in [0, 0.05) is 50.3 Å². The lowest BCUT2D eigenvalue weighted by Crippen LogP contribution is -2.44. The summed E-state index contributed by atoms with van der Waals surface area (Å²) in [7, 11) is 0. The molecule has 0 radical (unpaired) electrons. The molecule has 7 heteroatoms. The van der Waals surface area contributed by atoms with Crippen LogP contribution in [0.4, 0.5) is 0 Å². The average molecular weight is 419 g/mol. The molecule has 2 heterocycles. The Morgan fingerprint density at radius 3 is 2.80 bits per heavy atom. The molecule has 0 aliphatic carbocycles. The van der Waals surface area contributed by atoms with E-state index in [1.807, 2.05) is 6.92 Å². The first-order valence-corrected chi connectivity index (χ1v) is 11.4. The van der Waals surface area contributed by atoms with Crippen LogP contribution in [-0.4, -0.2) is 69.5 Å². The van der Waals surface area contributed by atoms with Crippen molar-refractivity contribution in [2.45, 2.75) is 46.8 Å². The number of guanidine groups is 1. The lowest BCUT2D eigenvalue weighted by molar-refractivity contribution is 0.0320. The van der Waals surface area contributed by atoms with Crippen LogP contribution in [-0.2, 0) is 17.7 Å². The number of morpholine rings is 1. The van der Waals surface area contributed by atoms with E-state index in [4.69, 9.17) is 19.2 Å². The Hall–Kier alpha value is -1.99. The highest BCUT2D eigenvalue weighted by molar-refractivity contribution is 5.79. The third kappa shape index (κ3) is 6.51. The monoisotopic (exact) mass is 418 g/mol. The number of nitrogens with one attached hydrogen (secondary N) is 2. The summed E-state index contributed by atoms with van der Waals surface area (Å²) in [6, 6.07) is 4.22. The molecular formula is C23H38N4O3. The second-order valence-electron chi connectivity index (χ2n) is 8.23. The van der Waals surface area contributed by atoms with Crippen LogP contribution in [0, 0.1) is 5.92 Å². The third-order valence-electron chi connectivity index (χ3n) is 5.42. The van der Waals surface area contributed by atoms with Gasteiger partial charge in [-0.1, -0.05) is 6.92 Å². The van der Waals surface area contributed by atoms with Crippen molar-refractivity contribution >= 4 is 5.96 Å². The number of aliphatic imine (C=N–C) groups is 1. The molecule has 7 nitrogen and oxygen atoms in total. The first-order valence-electron chi connectivity index (χ1n) is 11.4. The van der Waals surface area contributed by atoms with Crippen LogP contribution in [0.2, 0.25) is 0 Å². The Morgan fingerprint density at radius 2 is 2.07 bits per heavy atom. The van der Waals surface area contributed by atoms with E-state index in [1.165, 1.54) is 5.56 Å². The summed E-state index contributed by atoms with van der Waals surface area (Å²) < 4.78 is 17.3. The van der Waals surface area contributed by atoms with E-state index in [0.717, 1.165) is 75.4 Å². The molecule has 0 aromatic heterocycles. The Morgan fingerprint density at radius 1 is 1.27 bits per heavy atom. The standard InChI is InChI=1S/C23H38N4O3/c1-5-24-23(25-14-17(3)16-27-7-9-28-10-8-27)26-15-20-13-22-19(11-18(4)30-22)12-21(20)29-6-2/h12-13,17-18H,5-11,14-16H2,1-4H3,(H2,24,25,26). The molecular weight excluding hydrogens is 380 g/mol. The fraction of sp³-hybridized carbons (Fsp3) is 0.696. The fourth-order valence-corrected chi connectivity index (χ4v) is 3.96. The van der Waals surface area contributed by atoms with Crippen LogP contribution in [0.1, 0.15) is 38.8 Å². The first kappa shape index (κ1) is 22.7. The quantitative estimate of drug-likeness (QED) is 0.474. The van der Waals surface area contributed by atoms with E-state index >= 15 is 0 Å². The van der Waals surface area contributed by atoms with Crippen molar-refractivity contribution in [1.82, 2.24) is 15.5 Å². The zero-order valence-corrected chi connectivity index (χ0v) is 19.0. The van der Waals surface area contributed by atoms with Crippen molar-refractivity contribution in [2.75, 3.05) is 52.5 Å². The fourth-order valence-electron chi connectivity index (χ4n) is 3.96. The Kier molecular flexibility index (Phi) is 8.63. The van der Waals surface area contributed by atoms with Crippen molar-refractivity contribution in [2.24, 2.45) is 10.9 Å². The minimum absolute atomic E-state index is 0.222. The van der Waals surface area contributed by atoms with Crippen molar-refractivity contribution in [1.29, 1.82) is 0 Å². The molecule has 0 amide bonds. The molecule has 2 aliphatic rings. The van der Waals surface area contributed by atoms with Crippen LogP contribution in [0.3, 0.4) is 0 Å². The summed E-state index contributed by atoms with van der Waals surface area (Å²) in [5, 5.41) is 6.86. The van der Waals surface area contributed by atoms with Gasteiger partial charge < -0.3 is 24.8 Å². The van der Waals surface area contributed by atoms with Gasteiger partial charge >= 0.3 is 0 Å². The highest BCUT2D eigenvalue weighted by atomic mass is 16.5. The van der Waals surface area contributed by atoms with Gasteiger partial charge in [-0.05, 0) is 38.8 Å². The molecule has 30 heavy (non-hydrogen) atoms. The van der Waals surface area contributed by atoms with Gasteiger partial charge in [0.1, 0.15) is 17.6 Å². The average Bonchev–Trinajstić information content (AvgIpc) is 3.09. The summed E-state index contributed by atoms with van der Waals surface area (Å²) in [6.45, 7) is 16.2. The van der Waals surface area contributed by atoms with Gasteiger partial charge in [0.25, 0.3) is 0 Å². The lowest BCUT2D eigenvalue weighted by atomic mass is 10.1. The Bertz CT molecular complexity index is 704. The van der Waals surface area contributed by atoms with Crippen molar-refractivity contribution in [3.05, 3.63) is 23.3 Å². The second kappa shape index (κ2) is 11.4. The minimum atomic E-state index is 0.222. The third-order valence-corrected chi connectivity index (χ3v) is 5.42. The number of rotatable bonds is 9. The predicted molar refractivity (Wildman–Crippen MR) is 121 cm³/mol. The van der Waals surface area contributed by atoms with E-state index < -0.39 is 0 Å². The molecule has 168 valence electrons. The normalized spacial score (nSPS) is 20.4. The highest BCUT2D eigenvalue weighted by Gasteiger charge is 2.22. The van der Waals surface area contributed by atoms with Gasteiger partial charge in [-0.2, -0.15) is 0 Å². The smallest absolute Gasteiger partial charge is 0.191 e. The predicted octanol–water partition coefficient (Wildman–Crippen LogP) is 2.43. The SMILES string of the molecule is CCNC(=NCc1cc2c(cc1OCC)CC(C)O2)NCC(C)CN1CCOCC1. The van der Waals surface area contributed by atoms with Crippen LogP contribution in [0.15, 0.2) is 17.1 Å². The Labute approximate surface area is 181 Å². The van der Waals surface area contributed by atoms with Gasteiger partial charge in [0.2, 0.25) is 0 Å². The van der Waals surface area contributed by atoms with E-state index in [1.54, 1.807) is 0 Å². The van der Waals surface area contributed by atoms with E-state index in [-0.39, 0.29) is 6.10 Å². The largest absolute Gasteiger partial charge is 0.494 e. The van der Waals surface area contributed by atoms with Crippen LogP contribution in [0.25, 0.3) is 0 Å². The summed E-state index contributed by atoms with van der Waals surface area (Å²) in [5.41, 5.74) is 2.28. The summed E-state index contributed by atoms with van der Waals surface area (Å²) >= 11 is 0. The van der Waals surface area contributed by atoms with Crippen LogP contribution >= 0.6 is 0 Å². The molecule has 2 unspecified atom stereocenters. The maximum absolute atomic E-state index is 5.94. The van der Waals surface area contributed by atoms with Gasteiger partial charge in [0.05, 0.1) is 26.4 Å². The van der Waals surface area contributed by atoms with E-state index in [9.17, 15) is 0 Å². The second-order valence-corrected chi connectivity index (χ2v) is 8.23. The number of hydrogen-bond acceptors (Lipinski definition) is 5. The van der Waals surface area contributed by atoms with Gasteiger partial charge in [0.15, 0.2) is 5.96 Å². The maximum atomic E-state index is 5.94. The molecule has 0 saturated carbocycles. The van der Waals surface area contributed by atoms with Gasteiger partial charge in [-0.3, -0.25) is 4.90 Å². The van der Waals surface area contributed by atoms with Gasteiger partial charge in [-0.15, -0.1) is 0 Å². The van der Waals surface area contributed by atoms with Crippen LogP contribution < -0.4 is 20.1 Å². The summed E-state index contributed by atoms with van der Waals surface area (Å²) in [6.07, 6.45) is 1.16. The van der Waals surface area contributed by atoms with E-state index in [2.05, 4.69) is 48.4 Å². The Balaban J connectivity index is 1.60. The molecule has 0 spiro atoms. The highest BCUT2D eigenvalue weighted by Crippen LogP contribution is 2.35. The van der Waals surface area contributed by atoms with Crippen molar-refractivity contribution in [3.63, 3.8) is 0 Å². The minimum Gasteiger partial charge on any atom is -0.494 e. The number of ether oxygens (including phenoxy) is 3. The molecule has 0 bridgehead atoms. The molecule has 1 fully saturated rings. The maximum Gasteiger partial charge on any atom is 0.191 e. The number of benzene rings is 1.